The summed E-state index contributed by atoms with van der Waals surface area (Å²) in [6.07, 6.45) is 1.40. The number of rotatable bonds is 7. The van der Waals surface area contributed by atoms with Crippen molar-refractivity contribution in [3.8, 4) is 11.8 Å². The topological polar surface area (TPSA) is 76.5 Å². The minimum absolute atomic E-state index is 0.0135. The fraction of sp³-hybridized carbons (Fsp3) is 0.667. The van der Waals surface area contributed by atoms with Crippen LogP contribution < -0.4 is 14.8 Å². The van der Waals surface area contributed by atoms with Gasteiger partial charge < -0.3 is 19.9 Å². The molecule has 1 heterocycles. The summed E-state index contributed by atoms with van der Waals surface area (Å²) in [7, 11) is 3.11. The van der Waals surface area contributed by atoms with Gasteiger partial charge in [0, 0.05) is 12.6 Å². The summed E-state index contributed by atoms with van der Waals surface area (Å²) in [5.74, 6) is 1.29. The molecule has 1 atom stereocenters. The van der Waals surface area contributed by atoms with Crippen LogP contribution >= 0.6 is 0 Å². The Hall–Kier alpha value is -1.40. The molecule has 18 heavy (non-hydrogen) atoms. The number of hydrogen-bond donors (Lipinski definition) is 2. The molecule has 0 radical (unpaired) electrons. The molecule has 0 amide bonds. The molecule has 0 aliphatic rings. The van der Waals surface area contributed by atoms with Crippen molar-refractivity contribution in [3.05, 3.63) is 11.9 Å². The molecule has 1 rings (SSSR count). The molecular formula is C12H21N3O3. The standard InChI is InChI=1S/C12H21N3O3/c1-8(2)10(6-16)13-5-9-11(17-3)14-7-15-12(9)18-4/h7-8,10,13,16H,5-6H2,1-4H3. The molecule has 0 aromatic carbocycles. The first-order chi connectivity index (χ1) is 8.63. The highest BCUT2D eigenvalue weighted by Crippen LogP contribution is 2.23. The van der Waals surface area contributed by atoms with Crippen molar-refractivity contribution >= 4 is 0 Å². The summed E-state index contributed by atoms with van der Waals surface area (Å²) in [4.78, 5) is 8.08. The first-order valence-corrected chi connectivity index (χ1v) is 5.90. The maximum atomic E-state index is 9.27. The van der Waals surface area contributed by atoms with E-state index in [-0.39, 0.29) is 12.6 Å². The maximum Gasteiger partial charge on any atom is 0.224 e. The third-order valence-corrected chi connectivity index (χ3v) is 2.80. The summed E-state index contributed by atoms with van der Waals surface area (Å²) in [6.45, 7) is 4.65. The smallest absolute Gasteiger partial charge is 0.224 e. The number of nitrogens with one attached hydrogen (secondary N) is 1. The largest absolute Gasteiger partial charge is 0.481 e. The van der Waals surface area contributed by atoms with Crippen LogP contribution in [0, 0.1) is 5.92 Å². The SMILES string of the molecule is COc1ncnc(OC)c1CNC(CO)C(C)C. The molecule has 0 spiro atoms. The molecule has 6 nitrogen and oxygen atoms in total. The number of aliphatic hydroxyl groups is 1. The van der Waals surface area contributed by atoms with Gasteiger partial charge in [0.2, 0.25) is 11.8 Å². The van der Waals surface area contributed by atoms with Crippen LogP contribution in [-0.2, 0) is 6.54 Å². The summed E-state index contributed by atoms with van der Waals surface area (Å²) < 4.78 is 10.4. The average molecular weight is 255 g/mol. The Labute approximate surface area is 107 Å². The van der Waals surface area contributed by atoms with E-state index < -0.39 is 0 Å². The molecule has 1 aromatic rings. The van der Waals surface area contributed by atoms with Crippen molar-refractivity contribution in [1.29, 1.82) is 0 Å². The lowest BCUT2D eigenvalue weighted by Gasteiger charge is -2.20. The Morgan fingerprint density at radius 2 is 1.78 bits per heavy atom. The highest BCUT2D eigenvalue weighted by atomic mass is 16.5. The molecule has 6 heteroatoms. The fourth-order valence-electron chi connectivity index (χ4n) is 1.63. The molecule has 0 saturated carbocycles. The predicted molar refractivity (Wildman–Crippen MR) is 67.7 cm³/mol. The summed E-state index contributed by atoms with van der Waals surface area (Å²) >= 11 is 0. The van der Waals surface area contributed by atoms with Crippen molar-refractivity contribution in [2.45, 2.75) is 26.4 Å². The van der Waals surface area contributed by atoms with Crippen molar-refractivity contribution < 1.29 is 14.6 Å². The van der Waals surface area contributed by atoms with Gasteiger partial charge in [0.15, 0.2) is 0 Å². The van der Waals surface area contributed by atoms with Crippen molar-refractivity contribution in [3.63, 3.8) is 0 Å². The van der Waals surface area contributed by atoms with E-state index in [4.69, 9.17) is 9.47 Å². The monoisotopic (exact) mass is 255 g/mol. The van der Waals surface area contributed by atoms with Gasteiger partial charge in [0.05, 0.1) is 26.4 Å². The minimum Gasteiger partial charge on any atom is -0.481 e. The van der Waals surface area contributed by atoms with E-state index in [0.717, 1.165) is 5.56 Å². The molecule has 0 fully saturated rings. The van der Waals surface area contributed by atoms with E-state index in [9.17, 15) is 5.11 Å². The Kier molecular flexibility index (Phi) is 5.80. The molecule has 2 N–H and O–H groups in total. The first-order valence-electron chi connectivity index (χ1n) is 5.90. The van der Waals surface area contributed by atoms with Gasteiger partial charge in [-0.15, -0.1) is 0 Å². The fourth-order valence-corrected chi connectivity index (χ4v) is 1.63. The highest BCUT2D eigenvalue weighted by Gasteiger charge is 2.16. The van der Waals surface area contributed by atoms with Crippen molar-refractivity contribution in [2.24, 2.45) is 5.92 Å². The van der Waals surface area contributed by atoms with E-state index in [1.54, 1.807) is 14.2 Å². The van der Waals surface area contributed by atoms with Crippen LogP contribution in [0.25, 0.3) is 0 Å². The molecule has 1 unspecified atom stereocenters. The van der Waals surface area contributed by atoms with Crippen LogP contribution in [0.2, 0.25) is 0 Å². The molecular weight excluding hydrogens is 234 g/mol. The quantitative estimate of drug-likeness (QED) is 0.743. The van der Waals surface area contributed by atoms with E-state index in [1.165, 1.54) is 6.33 Å². The Bertz CT molecular complexity index is 349. The second kappa shape index (κ2) is 7.13. The zero-order chi connectivity index (χ0) is 13.5. The lowest BCUT2D eigenvalue weighted by molar-refractivity contribution is 0.209. The molecule has 1 aromatic heterocycles. The predicted octanol–water partition coefficient (Wildman–Crippen LogP) is 0.600. The van der Waals surface area contributed by atoms with Crippen LogP contribution in [0.1, 0.15) is 19.4 Å². The Morgan fingerprint density at radius 1 is 1.22 bits per heavy atom. The highest BCUT2D eigenvalue weighted by molar-refractivity contribution is 5.34. The summed E-state index contributed by atoms with van der Waals surface area (Å²) in [5, 5.41) is 12.5. The van der Waals surface area contributed by atoms with Crippen molar-refractivity contribution in [1.82, 2.24) is 15.3 Å². The van der Waals surface area contributed by atoms with E-state index >= 15 is 0 Å². The molecule has 0 bridgehead atoms. The van der Waals surface area contributed by atoms with E-state index in [1.807, 2.05) is 13.8 Å². The lowest BCUT2D eigenvalue weighted by Crippen LogP contribution is -2.36. The summed E-state index contributed by atoms with van der Waals surface area (Å²) in [5.41, 5.74) is 0.751. The van der Waals surface area contributed by atoms with E-state index in [2.05, 4.69) is 15.3 Å². The number of nitrogens with zero attached hydrogens (tertiary/aromatic N) is 2. The maximum absolute atomic E-state index is 9.27. The lowest BCUT2D eigenvalue weighted by atomic mass is 10.1. The summed E-state index contributed by atoms with van der Waals surface area (Å²) in [6, 6.07) is 0.0135. The zero-order valence-corrected chi connectivity index (χ0v) is 11.3. The van der Waals surface area contributed by atoms with E-state index in [0.29, 0.717) is 24.2 Å². The Balaban J connectivity index is 2.82. The second-order valence-electron chi connectivity index (χ2n) is 4.28. The molecule has 0 aliphatic heterocycles. The van der Waals surface area contributed by atoms with Crippen LogP contribution in [0.3, 0.4) is 0 Å². The third-order valence-electron chi connectivity index (χ3n) is 2.80. The first kappa shape index (κ1) is 14.7. The van der Waals surface area contributed by atoms with Crippen LogP contribution in [0.5, 0.6) is 11.8 Å². The number of aromatic nitrogens is 2. The van der Waals surface area contributed by atoms with Crippen molar-refractivity contribution in [2.75, 3.05) is 20.8 Å². The number of hydrogen-bond acceptors (Lipinski definition) is 6. The molecule has 0 saturated heterocycles. The Morgan fingerprint density at radius 3 is 2.17 bits per heavy atom. The second-order valence-corrected chi connectivity index (χ2v) is 4.28. The average Bonchev–Trinajstić information content (AvgIpc) is 2.38. The van der Waals surface area contributed by atoms with Crippen LogP contribution in [0.4, 0.5) is 0 Å². The van der Waals surface area contributed by atoms with Gasteiger partial charge >= 0.3 is 0 Å². The van der Waals surface area contributed by atoms with Gasteiger partial charge in [0.1, 0.15) is 6.33 Å². The number of ether oxygens (including phenoxy) is 2. The third kappa shape index (κ3) is 3.54. The molecule has 0 aliphatic carbocycles. The van der Waals surface area contributed by atoms with Gasteiger partial charge in [-0.2, -0.15) is 0 Å². The van der Waals surface area contributed by atoms with Gasteiger partial charge in [-0.1, -0.05) is 13.8 Å². The minimum atomic E-state index is 0.0135. The van der Waals surface area contributed by atoms with Gasteiger partial charge in [-0.25, -0.2) is 9.97 Å². The van der Waals surface area contributed by atoms with Gasteiger partial charge in [-0.05, 0) is 5.92 Å². The van der Waals surface area contributed by atoms with Gasteiger partial charge in [-0.3, -0.25) is 0 Å². The normalized spacial score (nSPS) is 12.6. The molecule has 102 valence electrons. The van der Waals surface area contributed by atoms with Gasteiger partial charge in [0.25, 0.3) is 0 Å². The van der Waals surface area contributed by atoms with Crippen LogP contribution in [0.15, 0.2) is 6.33 Å². The van der Waals surface area contributed by atoms with Crippen LogP contribution in [-0.4, -0.2) is 41.9 Å². The number of aliphatic hydroxyl groups excluding tert-OH is 1. The zero-order valence-electron chi connectivity index (χ0n) is 11.3. The number of methoxy groups -OCH3 is 2.